The standard InChI is InChI=1S/C25H23FN4O2S2/c1-15-6-11-21-28-22(27-18-4-2-3-5-18)19(23(31)29(21)13-15)12-20-24(32)30(25(33)34-20)14-16-7-9-17(26)10-8-16/h6-13,18,27H,2-5,14H2,1H3/b20-12+. The fourth-order valence-corrected chi connectivity index (χ4v) is 5.54. The van der Waals surface area contributed by atoms with Crippen LogP contribution in [0.2, 0.25) is 0 Å². The van der Waals surface area contributed by atoms with Crippen LogP contribution in [0.5, 0.6) is 0 Å². The highest BCUT2D eigenvalue weighted by molar-refractivity contribution is 8.26. The second-order valence-corrected chi connectivity index (χ2v) is 10.3. The molecule has 6 nitrogen and oxygen atoms in total. The van der Waals surface area contributed by atoms with E-state index in [9.17, 15) is 14.0 Å². The fraction of sp³-hybridized carbons (Fsp3) is 0.280. The van der Waals surface area contributed by atoms with Crippen LogP contribution in [0.25, 0.3) is 11.7 Å². The van der Waals surface area contributed by atoms with Crippen LogP contribution in [0.15, 0.2) is 52.3 Å². The van der Waals surface area contributed by atoms with Gasteiger partial charge in [0.05, 0.1) is 17.0 Å². The number of anilines is 1. The number of carbonyl (C=O) groups is 1. The van der Waals surface area contributed by atoms with Gasteiger partial charge in [0, 0.05) is 12.2 Å². The summed E-state index contributed by atoms with van der Waals surface area (Å²) < 4.78 is 15.2. The molecule has 1 aliphatic carbocycles. The molecule has 1 aromatic carbocycles. The Labute approximate surface area is 205 Å². The van der Waals surface area contributed by atoms with Gasteiger partial charge in [0.15, 0.2) is 0 Å². The molecule has 1 aliphatic heterocycles. The number of halogens is 1. The molecule has 34 heavy (non-hydrogen) atoms. The molecule has 2 aliphatic rings. The number of rotatable bonds is 5. The average Bonchev–Trinajstić information content (AvgIpc) is 3.42. The predicted octanol–water partition coefficient (Wildman–Crippen LogP) is 4.90. The van der Waals surface area contributed by atoms with Gasteiger partial charge < -0.3 is 5.32 Å². The zero-order valence-electron chi connectivity index (χ0n) is 18.6. The third kappa shape index (κ3) is 4.50. The highest BCUT2D eigenvalue weighted by Gasteiger charge is 2.33. The van der Waals surface area contributed by atoms with Crippen LogP contribution in [0.3, 0.4) is 0 Å². The van der Waals surface area contributed by atoms with Crippen LogP contribution < -0.4 is 10.9 Å². The molecule has 3 aromatic rings. The number of aryl methyl sites for hydroxylation is 1. The molecule has 0 spiro atoms. The summed E-state index contributed by atoms with van der Waals surface area (Å²) in [6, 6.07) is 9.96. The van der Waals surface area contributed by atoms with Gasteiger partial charge in [-0.2, -0.15) is 0 Å². The zero-order chi connectivity index (χ0) is 23.8. The number of pyridine rings is 1. The topological polar surface area (TPSA) is 66.7 Å². The van der Waals surface area contributed by atoms with Crippen LogP contribution >= 0.6 is 24.0 Å². The minimum atomic E-state index is -0.337. The van der Waals surface area contributed by atoms with Gasteiger partial charge in [0.2, 0.25) is 0 Å². The number of thioether (sulfide) groups is 1. The Morgan fingerprint density at radius 3 is 2.65 bits per heavy atom. The Bertz CT molecular complexity index is 1380. The van der Waals surface area contributed by atoms with Crippen molar-refractivity contribution in [3.8, 4) is 0 Å². The van der Waals surface area contributed by atoms with Gasteiger partial charge in [-0.15, -0.1) is 0 Å². The van der Waals surface area contributed by atoms with E-state index >= 15 is 0 Å². The number of carbonyl (C=O) groups excluding carboxylic acids is 1. The zero-order valence-corrected chi connectivity index (χ0v) is 20.2. The number of amides is 1. The molecule has 1 N–H and O–H groups in total. The third-order valence-corrected chi connectivity index (χ3v) is 7.48. The van der Waals surface area contributed by atoms with E-state index in [1.165, 1.54) is 21.4 Å². The SMILES string of the molecule is Cc1ccc2nc(NC3CCCC3)c(/C=C3/SC(=S)N(Cc4ccc(F)cc4)C3=O)c(=O)n2c1. The van der Waals surface area contributed by atoms with E-state index in [1.807, 2.05) is 19.1 Å². The first-order chi connectivity index (χ1) is 16.4. The number of nitrogens with zero attached hydrogens (tertiary/aromatic N) is 3. The minimum absolute atomic E-state index is 0.238. The summed E-state index contributed by atoms with van der Waals surface area (Å²) in [4.78, 5) is 33.3. The van der Waals surface area contributed by atoms with Crippen molar-refractivity contribution < 1.29 is 9.18 Å². The number of fused-ring (bicyclic) bond motifs is 1. The van der Waals surface area contributed by atoms with Gasteiger partial charge in [-0.25, -0.2) is 9.37 Å². The molecular formula is C25H23FN4O2S2. The number of hydrogen-bond donors (Lipinski definition) is 1. The molecule has 5 rings (SSSR count). The first-order valence-electron chi connectivity index (χ1n) is 11.2. The van der Waals surface area contributed by atoms with Crippen LogP contribution in [-0.4, -0.2) is 30.6 Å². The highest BCUT2D eigenvalue weighted by Crippen LogP contribution is 2.34. The smallest absolute Gasteiger partial charge is 0.267 e. The number of hydrogen-bond acceptors (Lipinski definition) is 6. The summed E-state index contributed by atoms with van der Waals surface area (Å²) in [6.45, 7) is 2.15. The lowest BCUT2D eigenvalue weighted by Gasteiger charge is -2.16. The molecule has 3 heterocycles. The fourth-order valence-electron chi connectivity index (χ4n) is 4.30. The number of nitrogens with one attached hydrogen (secondary N) is 1. The minimum Gasteiger partial charge on any atom is -0.367 e. The first-order valence-corrected chi connectivity index (χ1v) is 12.4. The molecule has 2 aromatic heterocycles. The Hall–Kier alpha value is -3.04. The Morgan fingerprint density at radius 1 is 1.18 bits per heavy atom. The summed E-state index contributed by atoms with van der Waals surface area (Å²) in [5.74, 6) is -0.125. The van der Waals surface area contributed by atoms with Gasteiger partial charge in [0.25, 0.3) is 11.5 Å². The molecule has 2 fully saturated rings. The Kier molecular flexibility index (Phi) is 6.22. The van der Waals surface area contributed by atoms with Gasteiger partial charge in [-0.1, -0.05) is 55.0 Å². The summed E-state index contributed by atoms with van der Waals surface area (Å²) >= 11 is 6.61. The maximum absolute atomic E-state index is 13.5. The Morgan fingerprint density at radius 2 is 1.91 bits per heavy atom. The van der Waals surface area contributed by atoms with Crippen LogP contribution in [-0.2, 0) is 11.3 Å². The van der Waals surface area contributed by atoms with Crippen molar-refractivity contribution >= 4 is 51.7 Å². The van der Waals surface area contributed by atoms with Crippen LogP contribution in [0.1, 0.15) is 42.4 Å². The summed E-state index contributed by atoms with van der Waals surface area (Å²) in [5.41, 5.74) is 2.36. The predicted molar refractivity (Wildman–Crippen MR) is 137 cm³/mol. The lowest BCUT2D eigenvalue weighted by molar-refractivity contribution is -0.122. The van der Waals surface area contributed by atoms with Crippen molar-refractivity contribution in [2.75, 3.05) is 5.32 Å². The lowest BCUT2D eigenvalue weighted by Crippen LogP contribution is -2.27. The molecule has 174 valence electrons. The maximum Gasteiger partial charge on any atom is 0.267 e. The molecule has 0 unspecified atom stereocenters. The number of aromatic nitrogens is 2. The molecule has 1 saturated heterocycles. The molecule has 0 radical (unpaired) electrons. The van der Waals surface area contributed by atoms with Crippen LogP contribution in [0, 0.1) is 12.7 Å². The van der Waals surface area contributed by atoms with E-state index in [-0.39, 0.29) is 29.9 Å². The van der Waals surface area contributed by atoms with Gasteiger partial charge in [0.1, 0.15) is 21.6 Å². The van der Waals surface area contributed by atoms with E-state index in [2.05, 4.69) is 5.32 Å². The molecule has 1 saturated carbocycles. The molecule has 9 heteroatoms. The molecular weight excluding hydrogens is 471 g/mol. The van der Waals surface area contributed by atoms with E-state index in [0.717, 1.165) is 48.6 Å². The molecule has 0 atom stereocenters. The first kappa shape index (κ1) is 22.7. The maximum atomic E-state index is 13.5. The quantitative estimate of drug-likeness (QED) is 0.402. The average molecular weight is 495 g/mol. The van der Waals surface area contributed by atoms with Crippen molar-refractivity contribution in [2.24, 2.45) is 0 Å². The summed E-state index contributed by atoms with van der Waals surface area (Å²) in [6.07, 6.45) is 7.68. The van der Waals surface area contributed by atoms with Gasteiger partial charge >= 0.3 is 0 Å². The van der Waals surface area contributed by atoms with Gasteiger partial charge in [-0.3, -0.25) is 18.9 Å². The number of thiocarbonyl (C=S) groups is 1. The van der Waals surface area contributed by atoms with Crippen molar-refractivity contribution in [3.05, 3.63) is 80.4 Å². The second kappa shape index (κ2) is 9.31. The van der Waals surface area contributed by atoms with E-state index < -0.39 is 0 Å². The van der Waals surface area contributed by atoms with Crippen LogP contribution in [0.4, 0.5) is 10.2 Å². The van der Waals surface area contributed by atoms with Crippen molar-refractivity contribution in [1.29, 1.82) is 0 Å². The van der Waals surface area contributed by atoms with E-state index in [4.69, 9.17) is 17.2 Å². The second-order valence-electron chi connectivity index (χ2n) is 8.63. The highest BCUT2D eigenvalue weighted by atomic mass is 32.2. The van der Waals surface area contributed by atoms with Gasteiger partial charge in [-0.05, 0) is 55.2 Å². The molecule has 0 bridgehead atoms. The normalized spacial score (nSPS) is 17.9. The number of benzene rings is 1. The summed E-state index contributed by atoms with van der Waals surface area (Å²) in [7, 11) is 0. The summed E-state index contributed by atoms with van der Waals surface area (Å²) in [5, 5.41) is 3.44. The Balaban J connectivity index is 1.53. The van der Waals surface area contributed by atoms with E-state index in [0.29, 0.717) is 26.3 Å². The van der Waals surface area contributed by atoms with Crippen molar-refractivity contribution in [1.82, 2.24) is 14.3 Å². The van der Waals surface area contributed by atoms with Crippen molar-refractivity contribution in [3.63, 3.8) is 0 Å². The lowest BCUT2D eigenvalue weighted by atomic mass is 10.2. The third-order valence-electron chi connectivity index (χ3n) is 6.10. The molecule has 1 amide bonds. The monoisotopic (exact) mass is 494 g/mol. The van der Waals surface area contributed by atoms with E-state index in [1.54, 1.807) is 24.4 Å². The largest absolute Gasteiger partial charge is 0.367 e. The van der Waals surface area contributed by atoms with Crippen molar-refractivity contribution in [2.45, 2.75) is 45.2 Å².